The van der Waals surface area contributed by atoms with E-state index in [4.69, 9.17) is 9.47 Å². The molecule has 1 N–H and O–H groups in total. The average Bonchev–Trinajstić information content (AvgIpc) is 2.47. The van der Waals surface area contributed by atoms with Gasteiger partial charge in [-0.2, -0.15) is 0 Å². The molecule has 1 aromatic rings. The van der Waals surface area contributed by atoms with E-state index in [1.165, 1.54) is 12.7 Å². The highest BCUT2D eigenvalue weighted by atomic mass is 35.5. The number of rotatable bonds is 4. The van der Waals surface area contributed by atoms with E-state index in [1.807, 2.05) is 31.2 Å². The van der Waals surface area contributed by atoms with Gasteiger partial charge in [0.2, 0.25) is 0 Å². The van der Waals surface area contributed by atoms with E-state index < -0.39 is 0 Å². The maximum Gasteiger partial charge on any atom is 0.337 e. The Morgan fingerprint density at radius 3 is 2.65 bits per heavy atom. The highest BCUT2D eigenvalue weighted by Crippen LogP contribution is 2.25. The molecule has 5 heteroatoms. The molecular formula is C15H22ClNO3. The molecule has 2 atom stereocenters. The van der Waals surface area contributed by atoms with Crippen LogP contribution in [-0.2, 0) is 9.47 Å². The normalized spacial score (nSPS) is 21.9. The predicted molar refractivity (Wildman–Crippen MR) is 80.4 cm³/mol. The summed E-state index contributed by atoms with van der Waals surface area (Å²) in [6.07, 6.45) is 2.37. The van der Waals surface area contributed by atoms with Gasteiger partial charge in [-0.05, 0) is 44.0 Å². The molecule has 1 aromatic carbocycles. The molecule has 0 aromatic heterocycles. The Kier molecular flexibility index (Phi) is 6.99. The van der Waals surface area contributed by atoms with Crippen molar-refractivity contribution in [2.24, 2.45) is 0 Å². The Morgan fingerprint density at radius 2 is 2.05 bits per heavy atom. The van der Waals surface area contributed by atoms with Crippen molar-refractivity contribution in [2.75, 3.05) is 20.3 Å². The number of hydrogen-bond acceptors (Lipinski definition) is 4. The molecule has 0 saturated carbocycles. The van der Waals surface area contributed by atoms with E-state index in [1.54, 1.807) is 0 Å². The number of benzene rings is 1. The minimum atomic E-state index is -0.296. The van der Waals surface area contributed by atoms with Gasteiger partial charge in [0.25, 0.3) is 0 Å². The molecule has 1 aliphatic rings. The topological polar surface area (TPSA) is 47.6 Å². The zero-order valence-corrected chi connectivity index (χ0v) is 12.7. The quantitative estimate of drug-likeness (QED) is 0.869. The van der Waals surface area contributed by atoms with Crippen molar-refractivity contribution in [3.63, 3.8) is 0 Å². The standard InChI is InChI=1S/C15H21NO3.ClH/c1-3-19-13-8-9-16-14(10-13)11-4-6-12(7-5-11)15(17)18-2;/h4-7,13-14,16H,3,8-10H2,1-2H3;1H/t13-,14-;/m0./s1. The van der Waals surface area contributed by atoms with E-state index in [2.05, 4.69) is 5.32 Å². The van der Waals surface area contributed by atoms with Crippen molar-refractivity contribution in [1.29, 1.82) is 0 Å². The SMILES string of the molecule is CCO[C@H]1CCN[C@H](c2ccc(C(=O)OC)cc2)C1.Cl. The molecular weight excluding hydrogens is 278 g/mol. The van der Waals surface area contributed by atoms with Gasteiger partial charge in [-0.25, -0.2) is 4.79 Å². The van der Waals surface area contributed by atoms with Crippen LogP contribution >= 0.6 is 12.4 Å². The lowest BCUT2D eigenvalue weighted by molar-refractivity contribution is 0.0297. The Labute approximate surface area is 126 Å². The summed E-state index contributed by atoms with van der Waals surface area (Å²) in [5.74, 6) is -0.296. The first kappa shape index (κ1) is 17.0. The molecule has 1 saturated heterocycles. The van der Waals surface area contributed by atoms with Crippen LogP contribution in [0.4, 0.5) is 0 Å². The molecule has 1 aliphatic heterocycles. The van der Waals surface area contributed by atoms with Gasteiger partial charge < -0.3 is 14.8 Å². The van der Waals surface area contributed by atoms with Gasteiger partial charge in [0.05, 0.1) is 18.8 Å². The zero-order chi connectivity index (χ0) is 13.7. The summed E-state index contributed by atoms with van der Waals surface area (Å²) in [7, 11) is 1.39. The van der Waals surface area contributed by atoms with Gasteiger partial charge in [0, 0.05) is 12.6 Å². The Bertz CT molecular complexity index is 420. The minimum absolute atomic E-state index is 0. The Balaban J connectivity index is 0.00000200. The van der Waals surface area contributed by atoms with Gasteiger partial charge in [-0.15, -0.1) is 12.4 Å². The summed E-state index contributed by atoms with van der Waals surface area (Å²) in [5.41, 5.74) is 1.78. The van der Waals surface area contributed by atoms with Crippen LogP contribution in [0.15, 0.2) is 24.3 Å². The molecule has 20 heavy (non-hydrogen) atoms. The fourth-order valence-corrected chi connectivity index (χ4v) is 2.49. The van der Waals surface area contributed by atoms with E-state index in [9.17, 15) is 4.79 Å². The lowest BCUT2D eigenvalue weighted by Gasteiger charge is -2.30. The second-order valence-electron chi connectivity index (χ2n) is 4.72. The molecule has 2 rings (SSSR count). The number of carbonyl (C=O) groups is 1. The first-order chi connectivity index (χ1) is 9.24. The summed E-state index contributed by atoms with van der Waals surface area (Å²) in [6.45, 7) is 3.76. The van der Waals surface area contributed by atoms with Crippen molar-refractivity contribution < 1.29 is 14.3 Å². The van der Waals surface area contributed by atoms with E-state index in [-0.39, 0.29) is 18.4 Å². The molecule has 0 spiro atoms. The third-order valence-electron chi connectivity index (χ3n) is 3.49. The van der Waals surface area contributed by atoms with Gasteiger partial charge in [-0.3, -0.25) is 0 Å². The van der Waals surface area contributed by atoms with E-state index in [0.717, 1.165) is 26.0 Å². The predicted octanol–water partition coefficient (Wildman–Crippen LogP) is 2.72. The van der Waals surface area contributed by atoms with Crippen LogP contribution in [0, 0.1) is 0 Å². The van der Waals surface area contributed by atoms with E-state index >= 15 is 0 Å². The number of ether oxygens (including phenoxy) is 2. The smallest absolute Gasteiger partial charge is 0.337 e. The second-order valence-corrected chi connectivity index (χ2v) is 4.72. The fourth-order valence-electron chi connectivity index (χ4n) is 2.49. The zero-order valence-electron chi connectivity index (χ0n) is 11.9. The highest BCUT2D eigenvalue weighted by Gasteiger charge is 2.23. The van der Waals surface area contributed by atoms with Crippen molar-refractivity contribution in [1.82, 2.24) is 5.32 Å². The van der Waals surface area contributed by atoms with Crippen LogP contribution < -0.4 is 5.32 Å². The Morgan fingerprint density at radius 1 is 1.35 bits per heavy atom. The number of hydrogen-bond donors (Lipinski definition) is 1. The maximum absolute atomic E-state index is 11.4. The first-order valence-corrected chi connectivity index (χ1v) is 6.77. The second kappa shape index (κ2) is 8.25. The van der Waals surface area contributed by atoms with Crippen LogP contribution in [0.3, 0.4) is 0 Å². The van der Waals surface area contributed by atoms with Crippen LogP contribution in [-0.4, -0.2) is 32.3 Å². The summed E-state index contributed by atoms with van der Waals surface area (Å²) in [6, 6.07) is 7.90. The lowest BCUT2D eigenvalue weighted by Crippen LogP contribution is -2.35. The largest absolute Gasteiger partial charge is 0.465 e. The number of piperidine rings is 1. The van der Waals surface area contributed by atoms with Gasteiger partial charge in [-0.1, -0.05) is 12.1 Å². The van der Waals surface area contributed by atoms with Gasteiger partial charge >= 0.3 is 5.97 Å². The molecule has 0 unspecified atom stereocenters. The van der Waals surface area contributed by atoms with Crippen LogP contribution in [0.2, 0.25) is 0 Å². The summed E-state index contributed by atoms with van der Waals surface area (Å²) >= 11 is 0. The lowest BCUT2D eigenvalue weighted by atomic mass is 9.95. The number of carbonyl (C=O) groups excluding carboxylic acids is 1. The van der Waals surface area contributed by atoms with E-state index in [0.29, 0.717) is 17.7 Å². The number of methoxy groups -OCH3 is 1. The van der Waals surface area contributed by atoms with Crippen LogP contribution in [0.1, 0.15) is 41.7 Å². The van der Waals surface area contributed by atoms with Crippen molar-refractivity contribution >= 4 is 18.4 Å². The summed E-state index contributed by atoms with van der Waals surface area (Å²) < 4.78 is 10.4. The monoisotopic (exact) mass is 299 g/mol. The number of halogens is 1. The minimum Gasteiger partial charge on any atom is -0.465 e. The van der Waals surface area contributed by atoms with Crippen LogP contribution in [0.5, 0.6) is 0 Å². The number of esters is 1. The molecule has 0 radical (unpaired) electrons. The summed E-state index contributed by atoms with van der Waals surface area (Å²) in [5, 5.41) is 3.49. The third-order valence-corrected chi connectivity index (χ3v) is 3.49. The van der Waals surface area contributed by atoms with Crippen molar-refractivity contribution in [3.8, 4) is 0 Å². The average molecular weight is 300 g/mol. The summed E-state index contributed by atoms with van der Waals surface area (Å²) in [4.78, 5) is 11.4. The molecule has 0 amide bonds. The van der Waals surface area contributed by atoms with Crippen molar-refractivity contribution in [3.05, 3.63) is 35.4 Å². The van der Waals surface area contributed by atoms with Gasteiger partial charge in [0.15, 0.2) is 0 Å². The molecule has 112 valence electrons. The number of nitrogens with one attached hydrogen (secondary N) is 1. The molecule has 0 bridgehead atoms. The Hall–Kier alpha value is -1.10. The third kappa shape index (κ3) is 4.20. The molecule has 0 aliphatic carbocycles. The maximum atomic E-state index is 11.4. The fraction of sp³-hybridized carbons (Fsp3) is 0.533. The molecule has 1 heterocycles. The van der Waals surface area contributed by atoms with Crippen molar-refractivity contribution in [2.45, 2.75) is 31.9 Å². The van der Waals surface area contributed by atoms with Gasteiger partial charge in [0.1, 0.15) is 0 Å². The highest BCUT2D eigenvalue weighted by molar-refractivity contribution is 5.89. The first-order valence-electron chi connectivity index (χ1n) is 6.77. The molecule has 4 nitrogen and oxygen atoms in total. The van der Waals surface area contributed by atoms with Crippen LogP contribution in [0.25, 0.3) is 0 Å². The molecule has 1 fully saturated rings.